The lowest BCUT2D eigenvalue weighted by molar-refractivity contribution is -0.193. The van der Waals surface area contributed by atoms with Crippen LogP contribution in [0.4, 0.5) is 26.3 Å². The number of aliphatic carboxylic acids is 2. The third kappa shape index (κ3) is 11.1. The van der Waals surface area contributed by atoms with E-state index in [4.69, 9.17) is 24.5 Å². The molecule has 0 radical (unpaired) electrons. The minimum atomic E-state index is -5.08. The molecule has 4 heterocycles. The average Bonchev–Trinajstić information content (AvgIpc) is 3.70. The van der Waals surface area contributed by atoms with Crippen molar-refractivity contribution in [2.45, 2.75) is 64.0 Å². The molecule has 0 spiro atoms. The van der Waals surface area contributed by atoms with E-state index in [1.807, 2.05) is 22.7 Å². The summed E-state index contributed by atoms with van der Waals surface area (Å²) in [7, 11) is 0. The van der Waals surface area contributed by atoms with E-state index in [0.717, 1.165) is 63.1 Å². The summed E-state index contributed by atoms with van der Waals surface area (Å²) in [6.45, 7) is 11.1. The van der Waals surface area contributed by atoms with Crippen LogP contribution in [0.3, 0.4) is 0 Å². The van der Waals surface area contributed by atoms with Crippen molar-refractivity contribution in [3.05, 3.63) is 29.7 Å². The number of piperazine rings is 1. The highest BCUT2D eigenvalue weighted by molar-refractivity contribution is 5.94. The van der Waals surface area contributed by atoms with Gasteiger partial charge in [-0.05, 0) is 63.5 Å². The van der Waals surface area contributed by atoms with Gasteiger partial charge in [0, 0.05) is 58.2 Å². The zero-order chi connectivity index (χ0) is 34.2. The number of carbonyl (C=O) groups excluding carboxylic acids is 1. The molecule has 2 aromatic heterocycles. The summed E-state index contributed by atoms with van der Waals surface area (Å²) in [4.78, 5) is 35.8. The van der Waals surface area contributed by atoms with Crippen LogP contribution in [0, 0.1) is 11.8 Å². The highest BCUT2D eigenvalue weighted by Gasteiger charge is 2.39. The van der Waals surface area contributed by atoms with E-state index in [-0.39, 0.29) is 11.9 Å². The number of nitrogens with zero attached hydrogens (tertiary/aromatic N) is 5. The van der Waals surface area contributed by atoms with Gasteiger partial charge in [0.2, 0.25) is 0 Å². The van der Waals surface area contributed by atoms with Crippen molar-refractivity contribution in [1.29, 1.82) is 0 Å². The van der Waals surface area contributed by atoms with Crippen molar-refractivity contribution < 1.29 is 55.7 Å². The fourth-order valence-corrected chi connectivity index (χ4v) is 5.09. The van der Waals surface area contributed by atoms with Crippen LogP contribution in [0.25, 0.3) is 5.65 Å². The molecule has 0 bridgehead atoms. The molecule has 46 heavy (non-hydrogen) atoms. The van der Waals surface area contributed by atoms with Gasteiger partial charge < -0.3 is 20.3 Å². The monoisotopic (exact) mass is 668 g/mol. The standard InChI is InChI=1S/C24H36N6O2.2C2HF3O2/c1-17(2)29-10-9-28(14-19-3-4-19)16-21(29)23-27-26-22-6-5-20(15-30(22)23)24(31)25-13-18-7-11-32-12-8-18;2*3-2(4,5)1(6)7/h5-6,15,17-19,21H,3-4,7-14,16H2,1-2H3,(H,25,31);2*(H,6,7). The summed E-state index contributed by atoms with van der Waals surface area (Å²) in [6.07, 6.45) is -3.48. The molecule has 1 unspecified atom stereocenters. The lowest BCUT2D eigenvalue weighted by Gasteiger charge is -2.42. The SMILES string of the molecule is CC(C)N1CCN(CC2CC2)CC1c1nnc2ccc(C(=O)NCC3CCOCC3)cn12.O=C(O)C(F)(F)F.O=C(O)C(F)(F)F. The van der Waals surface area contributed by atoms with Crippen LogP contribution in [0.2, 0.25) is 0 Å². The molecule has 3 fully saturated rings. The van der Waals surface area contributed by atoms with Gasteiger partial charge in [0.25, 0.3) is 5.91 Å². The Hall–Kier alpha value is -3.51. The highest BCUT2D eigenvalue weighted by atomic mass is 19.4. The number of alkyl halides is 6. The van der Waals surface area contributed by atoms with Gasteiger partial charge in [-0.3, -0.25) is 19.0 Å². The van der Waals surface area contributed by atoms with E-state index < -0.39 is 24.3 Å². The second kappa shape index (κ2) is 15.9. The highest BCUT2D eigenvalue weighted by Crippen LogP contribution is 2.33. The van der Waals surface area contributed by atoms with Crippen LogP contribution in [-0.4, -0.2) is 117 Å². The lowest BCUT2D eigenvalue weighted by Crippen LogP contribution is -2.51. The zero-order valence-electron chi connectivity index (χ0n) is 25.4. The number of nitrogens with one attached hydrogen (secondary N) is 1. The fourth-order valence-electron chi connectivity index (χ4n) is 5.09. The van der Waals surface area contributed by atoms with Crippen molar-refractivity contribution in [3.63, 3.8) is 0 Å². The van der Waals surface area contributed by atoms with Crippen molar-refractivity contribution in [2.75, 3.05) is 45.9 Å². The maximum Gasteiger partial charge on any atom is 0.490 e. The molecule has 3 aliphatic rings. The van der Waals surface area contributed by atoms with Crippen LogP contribution in [-0.2, 0) is 14.3 Å². The first-order valence-corrected chi connectivity index (χ1v) is 14.8. The van der Waals surface area contributed by atoms with Crippen LogP contribution in [0.15, 0.2) is 18.3 Å². The Balaban J connectivity index is 0.000000345. The first kappa shape index (κ1) is 37.0. The number of hydrogen-bond acceptors (Lipinski definition) is 8. The van der Waals surface area contributed by atoms with Gasteiger partial charge in [-0.25, -0.2) is 9.59 Å². The number of carboxylic acid groups (broad SMARTS) is 2. The summed E-state index contributed by atoms with van der Waals surface area (Å²) in [5.41, 5.74) is 1.45. The van der Waals surface area contributed by atoms with E-state index in [2.05, 4.69) is 39.2 Å². The largest absolute Gasteiger partial charge is 0.490 e. The average molecular weight is 669 g/mol. The Bertz CT molecular complexity index is 1300. The van der Waals surface area contributed by atoms with E-state index in [9.17, 15) is 31.1 Å². The van der Waals surface area contributed by atoms with Crippen molar-refractivity contribution in [3.8, 4) is 0 Å². The van der Waals surface area contributed by atoms with Gasteiger partial charge in [0.1, 0.15) is 0 Å². The minimum Gasteiger partial charge on any atom is -0.475 e. The number of carbonyl (C=O) groups is 3. The van der Waals surface area contributed by atoms with E-state index in [1.165, 1.54) is 19.4 Å². The number of pyridine rings is 1. The molecule has 1 saturated carbocycles. The molecule has 2 aromatic rings. The third-order valence-corrected chi connectivity index (χ3v) is 7.75. The number of hydrogen-bond donors (Lipinski definition) is 3. The van der Waals surface area contributed by atoms with Gasteiger partial charge in [0.15, 0.2) is 11.5 Å². The van der Waals surface area contributed by atoms with Crippen LogP contribution >= 0.6 is 0 Å². The molecule has 2 aliphatic heterocycles. The van der Waals surface area contributed by atoms with E-state index in [1.54, 1.807) is 0 Å². The van der Waals surface area contributed by atoms with Crippen LogP contribution in [0.5, 0.6) is 0 Å². The molecular weight excluding hydrogens is 630 g/mol. The van der Waals surface area contributed by atoms with Crippen LogP contribution in [0.1, 0.15) is 61.8 Å². The zero-order valence-corrected chi connectivity index (χ0v) is 25.4. The number of halogens is 6. The molecule has 0 aromatic carbocycles. The normalized spacial score (nSPS) is 20.0. The molecule has 2 saturated heterocycles. The summed E-state index contributed by atoms with van der Waals surface area (Å²) < 4.78 is 70.9. The molecule has 258 valence electrons. The predicted octanol–water partition coefficient (Wildman–Crippen LogP) is 3.63. The maximum absolute atomic E-state index is 12.9. The van der Waals surface area contributed by atoms with Gasteiger partial charge >= 0.3 is 24.3 Å². The maximum atomic E-state index is 12.9. The third-order valence-electron chi connectivity index (χ3n) is 7.75. The predicted molar refractivity (Wildman–Crippen MR) is 150 cm³/mol. The Kier molecular flexibility index (Phi) is 12.7. The van der Waals surface area contributed by atoms with Crippen LogP contribution < -0.4 is 5.32 Å². The Labute approximate surface area is 260 Å². The number of rotatable bonds is 7. The summed E-state index contributed by atoms with van der Waals surface area (Å²) >= 11 is 0. The Morgan fingerprint density at radius 2 is 1.52 bits per heavy atom. The molecular formula is C28H38F6N6O6. The quantitative estimate of drug-likeness (QED) is 0.374. The molecule has 12 nitrogen and oxygen atoms in total. The van der Waals surface area contributed by atoms with Crippen molar-refractivity contribution in [2.24, 2.45) is 11.8 Å². The molecule has 1 amide bonds. The number of fused-ring (bicyclic) bond motifs is 1. The summed E-state index contributed by atoms with van der Waals surface area (Å²) in [5.74, 6) is -3.23. The Morgan fingerprint density at radius 1 is 0.935 bits per heavy atom. The van der Waals surface area contributed by atoms with Gasteiger partial charge in [0.05, 0.1) is 11.6 Å². The summed E-state index contributed by atoms with van der Waals surface area (Å²) in [5, 5.41) is 26.4. The minimum absolute atomic E-state index is 0.0299. The Morgan fingerprint density at radius 3 is 2.04 bits per heavy atom. The molecule has 18 heteroatoms. The lowest BCUT2D eigenvalue weighted by atomic mass is 10.0. The molecule has 1 aliphatic carbocycles. The molecule has 5 rings (SSSR count). The fraction of sp³-hybridized carbons (Fsp3) is 0.679. The van der Waals surface area contributed by atoms with Crippen molar-refractivity contribution in [1.82, 2.24) is 29.7 Å². The van der Waals surface area contributed by atoms with Gasteiger partial charge in [-0.15, -0.1) is 10.2 Å². The number of carboxylic acids is 2. The first-order valence-electron chi connectivity index (χ1n) is 14.8. The van der Waals surface area contributed by atoms with Gasteiger partial charge in [-0.2, -0.15) is 26.3 Å². The number of aromatic nitrogens is 3. The molecule has 3 N–H and O–H groups in total. The number of ether oxygens (including phenoxy) is 1. The molecule has 1 atom stereocenters. The van der Waals surface area contributed by atoms with Gasteiger partial charge in [-0.1, -0.05) is 0 Å². The van der Waals surface area contributed by atoms with Crippen molar-refractivity contribution >= 4 is 23.5 Å². The summed E-state index contributed by atoms with van der Waals surface area (Å²) in [6, 6.07) is 4.37. The van der Waals surface area contributed by atoms with E-state index in [0.29, 0.717) is 24.1 Å². The second-order valence-electron chi connectivity index (χ2n) is 11.6. The first-order chi connectivity index (χ1) is 21.5. The topological polar surface area (TPSA) is 150 Å². The number of amides is 1. The van der Waals surface area contributed by atoms with E-state index >= 15 is 0 Å². The smallest absolute Gasteiger partial charge is 0.475 e. The second-order valence-corrected chi connectivity index (χ2v) is 11.6.